The lowest BCUT2D eigenvalue weighted by molar-refractivity contribution is 0.0986. The number of fused-ring (bicyclic) bond motifs is 1. The Morgan fingerprint density at radius 2 is 1.90 bits per heavy atom. The average Bonchev–Trinajstić information content (AvgIpc) is 2.53. The molecule has 1 heterocycles. The molecule has 0 saturated heterocycles. The maximum Gasteiger partial charge on any atom is 0.258 e. The van der Waals surface area contributed by atoms with Gasteiger partial charge in [0.15, 0.2) is 0 Å². The van der Waals surface area contributed by atoms with Gasteiger partial charge in [0.1, 0.15) is 5.75 Å². The lowest BCUT2D eigenvalue weighted by Gasteiger charge is -2.32. The molecule has 2 aromatic carbocycles. The number of nitrogens with zero attached hydrogens (tertiary/aromatic N) is 1. The fraction of sp³-hybridized carbons (Fsp3) is 0.235. The number of hydrogen-bond donors (Lipinski definition) is 0. The number of ether oxygens (including phenoxy) is 1. The van der Waals surface area contributed by atoms with Crippen LogP contribution in [0.2, 0.25) is 0 Å². The third-order valence-corrected chi connectivity index (χ3v) is 4.66. The molecule has 21 heavy (non-hydrogen) atoms. The molecule has 0 fully saturated rings. The van der Waals surface area contributed by atoms with Crippen LogP contribution in [-0.2, 0) is 0 Å². The molecule has 1 aliphatic heterocycles. The zero-order valence-electron chi connectivity index (χ0n) is 12.1. The van der Waals surface area contributed by atoms with Crippen molar-refractivity contribution >= 4 is 23.4 Å². The van der Waals surface area contributed by atoms with Crippen LogP contribution < -0.4 is 9.64 Å². The molecule has 4 heteroatoms. The third kappa shape index (κ3) is 2.76. The molecule has 0 saturated carbocycles. The van der Waals surface area contributed by atoms with Crippen LogP contribution in [0.1, 0.15) is 17.3 Å². The Hall–Kier alpha value is -1.94. The Kier molecular flexibility index (Phi) is 3.88. The van der Waals surface area contributed by atoms with Gasteiger partial charge in [-0.25, -0.2) is 0 Å². The summed E-state index contributed by atoms with van der Waals surface area (Å²) in [5.74, 6) is 0.798. The zero-order valence-corrected chi connectivity index (χ0v) is 12.9. The van der Waals surface area contributed by atoms with E-state index in [1.165, 1.54) is 0 Å². The van der Waals surface area contributed by atoms with Crippen LogP contribution in [0.3, 0.4) is 0 Å². The number of benzene rings is 2. The molecule has 3 rings (SSSR count). The minimum atomic E-state index is 0.0391. The van der Waals surface area contributed by atoms with Gasteiger partial charge in [-0.05, 0) is 36.4 Å². The maximum atomic E-state index is 12.8. The minimum Gasteiger partial charge on any atom is -0.497 e. The van der Waals surface area contributed by atoms with Crippen LogP contribution in [0.5, 0.6) is 5.75 Å². The second-order valence-electron chi connectivity index (χ2n) is 5.04. The van der Waals surface area contributed by atoms with E-state index in [1.807, 2.05) is 59.1 Å². The number of carbonyl (C=O) groups excluding carboxylic acids is 1. The van der Waals surface area contributed by atoms with Gasteiger partial charge < -0.3 is 9.64 Å². The van der Waals surface area contributed by atoms with E-state index >= 15 is 0 Å². The van der Waals surface area contributed by atoms with E-state index in [2.05, 4.69) is 13.0 Å². The average molecular weight is 299 g/mol. The number of hydrogen-bond acceptors (Lipinski definition) is 3. The summed E-state index contributed by atoms with van der Waals surface area (Å²) in [5.41, 5.74) is 1.69. The molecule has 0 bridgehead atoms. The molecule has 2 aromatic rings. The van der Waals surface area contributed by atoms with Crippen LogP contribution in [0, 0.1) is 0 Å². The summed E-state index contributed by atoms with van der Waals surface area (Å²) in [4.78, 5) is 15.8. The highest BCUT2D eigenvalue weighted by Gasteiger charge is 2.27. The van der Waals surface area contributed by atoms with Crippen LogP contribution in [0.15, 0.2) is 53.4 Å². The van der Waals surface area contributed by atoms with Crippen LogP contribution >= 0.6 is 11.8 Å². The largest absolute Gasteiger partial charge is 0.497 e. The van der Waals surface area contributed by atoms with Crippen molar-refractivity contribution in [1.29, 1.82) is 0 Å². The molecular formula is C17H17NO2S. The molecule has 1 unspecified atom stereocenters. The Balaban J connectivity index is 1.93. The monoisotopic (exact) mass is 299 g/mol. The number of methoxy groups -OCH3 is 1. The maximum absolute atomic E-state index is 12.8. The summed E-state index contributed by atoms with van der Waals surface area (Å²) in [7, 11) is 1.62. The van der Waals surface area contributed by atoms with E-state index in [-0.39, 0.29) is 5.91 Å². The van der Waals surface area contributed by atoms with Crippen LogP contribution in [-0.4, -0.2) is 24.8 Å². The van der Waals surface area contributed by atoms with Gasteiger partial charge in [0.05, 0.1) is 12.8 Å². The Morgan fingerprint density at radius 1 is 1.19 bits per heavy atom. The topological polar surface area (TPSA) is 29.5 Å². The number of para-hydroxylation sites is 1. The number of thioether (sulfide) groups is 1. The van der Waals surface area contributed by atoms with E-state index in [0.29, 0.717) is 10.8 Å². The summed E-state index contributed by atoms with van der Waals surface area (Å²) in [6.07, 6.45) is 0. The molecule has 1 aliphatic rings. The number of rotatable bonds is 2. The van der Waals surface area contributed by atoms with Crippen molar-refractivity contribution in [2.45, 2.75) is 17.1 Å². The number of amides is 1. The van der Waals surface area contributed by atoms with Crippen molar-refractivity contribution in [2.75, 3.05) is 18.6 Å². The molecule has 1 amide bonds. The van der Waals surface area contributed by atoms with E-state index in [9.17, 15) is 4.79 Å². The lowest BCUT2D eigenvalue weighted by Crippen LogP contribution is -2.38. The third-order valence-electron chi connectivity index (χ3n) is 3.51. The van der Waals surface area contributed by atoms with Crippen molar-refractivity contribution in [1.82, 2.24) is 0 Å². The molecular weight excluding hydrogens is 282 g/mol. The zero-order chi connectivity index (χ0) is 14.8. The molecule has 0 N–H and O–H groups in total. The van der Waals surface area contributed by atoms with E-state index < -0.39 is 0 Å². The first kappa shape index (κ1) is 14.0. The summed E-state index contributed by atoms with van der Waals surface area (Å²) < 4.78 is 5.14. The summed E-state index contributed by atoms with van der Waals surface area (Å²) >= 11 is 1.82. The highest BCUT2D eigenvalue weighted by atomic mass is 32.2. The first-order chi connectivity index (χ1) is 10.2. The Labute approximate surface area is 128 Å². The van der Waals surface area contributed by atoms with Gasteiger partial charge in [0.2, 0.25) is 0 Å². The first-order valence-corrected chi connectivity index (χ1v) is 7.78. The summed E-state index contributed by atoms with van der Waals surface area (Å²) in [6.45, 7) is 2.88. The molecule has 0 radical (unpaired) electrons. The molecule has 0 aliphatic carbocycles. The van der Waals surface area contributed by atoms with Crippen molar-refractivity contribution in [3.63, 3.8) is 0 Å². The van der Waals surface area contributed by atoms with E-state index in [1.54, 1.807) is 7.11 Å². The number of carbonyl (C=O) groups is 1. The van der Waals surface area contributed by atoms with Crippen molar-refractivity contribution in [3.05, 3.63) is 54.1 Å². The molecule has 3 nitrogen and oxygen atoms in total. The standard InChI is InChI=1S/C17H17NO2S/c1-12-11-18(15-5-3-4-6-16(15)21-12)17(19)13-7-9-14(20-2)10-8-13/h3-10,12H,11H2,1-2H3. The van der Waals surface area contributed by atoms with Gasteiger partial charge in [-0.15, -0.1) is 11.8 Å². The van der Waals surface area contributed by atoms with Gasteiger partial charge >= 0.3 is 0 Å². The second-order valence-corrected chi connectivity index (χ2v) is 6.52. The smallest absolute Gasteiger partial charge is 0.258 e. The summed E-state index contributed by atoms with van der Waals surface area (Å²) in [5, 5.41) is 0.391. The van der Waals surface area contributed by atoms with Crippen molar-refractivity contribution in [3.8, 4) is 5.75 Å². The van der Waals surface area contributed by atoms with Crippen molar-refractivity contribution < 1.29 is 9.53 Å². The van der Waals surface area contributed by atoms with Crippen LogP contribution in [0.4, 0.5) is 5.69 Å². The van der Waals surface area contributed by atoms with E-state index in [4.69, 9.17) is 4.74 Å². The Bertz CT molecular complexity index is 654. The van der Waals surface area contributed by atoms with Gasteiger partial charge in [0.25, 0.3) is 5.91 Å². The predicted octanol–water partition coefficient (Wildman–Crippen LogP) is 3.84. The molecule has 1 atom stereocenters. The summed E-state index contributed by atoms with van der Waals surface area (Å²) in [6, 6.07) is 15.3. The quantitative estimate of drug-likeness (QED) is 0.844. The molecule has 0 aromatic heterocycles. The normalized spacial score (nSPS) is 17.2. The predicted molar refractivity (Wildman–Crippen MR) is 86.4 cm³/mol. The first-order valence-electron chi connectivity index (χ1n) is 6.90. The lowest BCUT2D eigenvalue weighted by atomic mass is 10.1. The molecule has 0 spiro atoms. The van der Waals surface area contributed by atoms with Gasteiger partial charge in [-0.2, -0.15) is 0 Å². The van der Waals surface area contributed by atoms with Gasteiger partial charge in [-0.1, -0.05) is 19.1 Å². The van der Waals surface area contributed by atoms with E-state index in [0.717, 1.165) is 22.9 Å². The van der Waals surface area contributed by atoms with Gasteiger partial charge in [-0.3, -0.25) is 4.79 Å². The fourth-order valence-electron chi connectivity index (χ4n) is 2.47. The van der Waals surface area contributed by atoms with Gasteiger partial charge in [0, 0.05) is 22.3 Å². The minimum absolute atomic E-state index is 0.0391. The number of anilines is 1. The fourth-order valence-corrected chi connectivity index (χ4v) is 3.58. The SMILES string of the molecule is COc1ccc(C(=O)N2CC(C)Sc3ccccc32)cc1. The second kappa shape index (κ2) is 5.82. The van der Waals surface area contributed by atoms with Crippen molar-refractivity contribution in [2.24, 2.45) is 0 Å². The van der Waals surface area contributed by atoms with Crippen LogP contribution in [0.25, 0.3) is 0 Å². The molecule has 108 valence electrons. The Morgan fingerprint density at radius 3 is 2.62 bits per heavy atom. The highest BCUT2D eigenvalue weighted by molar-refractivity contribution is 8.00. The highest BCUT2D eigenvalue weighted by Crippen LogP contribution is 2.38.